The van der Waals surface area contributed by atoms with Gasteiger partial charge < -0.3 is 4.74 Å². The molecule has 1 heterocycles. The molecule has 100 valence electrons. The molecule has 1 aromatic heterocycles. The summed E-state index contributed by atoms with van der Waals surface area (Å²) in [5, 5.41) is 0.723. The van der Waals surface area contributed by atoms with Crippen LogP contribution in [0.1, 0.15) is 22.8 Å². The van der Waals surface area contributed by atoms with E-state index in [0.717, 1.165) is 16.1 Å². The average molecular weight is 279 g/mol. The fourth-order valence-electron chi connectivity index (χ4n) is 1.83. The molecule has 0 aliphatic rings. The summed E-state index contributed by atoms with van der Waals surface area (Å²) in [7, 11) is 0. The van der Waals surface area contributed by atoms with Crippen molar-refractivity contribution in [3.05, 3.63) is 47.0 Å². The highest BCUT2D eigenvalue weighted by Crippen LogP contribution is 2.26. The Morgan fingerprint density at radius 2 is 2.00 bits per heavy atom. The van der Waals surface area contributed by atoms with Crippen LogP contribution in [0, 0.1) is 13.8 Å². The van der Waals surface area contributed by atoms with Gasteiger partial charge in [-0.2, -0.15) is 0 Å². The Labute approximate surface area is 117 Å². The van der Waals surface area contributed by atoms with E-state index >= 15 is 0 Å². The van der Waals surface area contributed by atoms with Crippen LogP contribution >= 0.6 is 11.6 Å². The molecule has 0 fully saturated rings. The highest BCUT2D eigenvalue weighted by Gasteiger charge is 2.17. The van der Waals surface area contributed by atoms with Crippen LogP contribution in [0.5, 0.6) is 5.75 Å². The molecule has 0 aliphatic carbocycles. The van der Waals surface area contributed by atoms with Crippen molar-refractivity contribution in [2.75, 3.05) is 0 Å². The molecular weight excluding hydrogens is 264 g/mol. The molecular formula is C14H15ClN2O2. The minimum Gasteiger partial charge on any atom is -0.481 e. The second-order valence-corrected chi connectivity index (χ2v) is 4.82. The third-order valence-corrected chi connectivity index (χ3v) is 3.43. The van der Waals surface area contributed by atoms with Crippen LogP contribution in [-0.2, 0) is 0 Å². The molecule has 19 heavy (non-hydrogen) atoms. The van der Waals surface area contributed by atoms with E-state index in [2.05, 4.69) is 4.98 Å². The average Bonchev–Trinajstić information content (AvgIpc) is 2.88. The maximum atomic E-state index is 12.0. The molecule has 1 atom stereocenters. The summed E-state index contributed by atoms with van der Waals surface area (Å²) >= 11 is 6.10. The zero-order valence-corrected chi connectivity index (χ0v) is 11.8. The van der Waals surface area contributed by atoms with Gasteiger partial charge in [-0.05, 0) is 44.0 Å². The Bertz CT molecular complexity index is 570. The normalized spacial score (nSPS) is 12.2. The fraction of sp³-hybridized carbons (Fsp3) is 0.286. The van der Waals surface area contributed by atoms with Crippen LogP contribution in [0.25, 0.3) is 0 Å². The molecule has 0 spiro atoms. The summed E-state index contributed by atoms with van der Waals surface area (Å²) in [6, 6.07) is 3.65. The maximum absolute atomic E-state index is 12.0. The highest BCUT2D eigenvalue weighted by atomic mass is 35.5. The molecule has 0 radical (unpaired) electrons. The molecule has 4 nitrogen and oxygen atoms in total. The Morgan fingerprint density at radius 1 is 1.37 bits per heavy atom. The number of halogens is 1. The van der Waals surface area contributed by atoms with E-state index in [-0.39, 0.29) is 5.91 Å². The van der Waals surface area contributed by atoms with E-state index in [1.165, 1.54) is 10.9 Å². The maximum Gasteiger partial charge on any atom is 0.272 e. The van der Waals surface area contributed by atoms with Crippen molar-refractivity contribution in [2.45, 2.75) is 26.9 Å². The zero-order valence-electron chi connectivity index (χ0n) is 11.1. The lowest BCUT2D eigenvalue weighted by Crippen LogP contribution is -2.28. The first-order valence-corrected chi connectivity index (χ1v) is 6.32. The molecule has 1 unspecified atom stereocenters. The molecule has 2 aromatic rings. The van der Waals surface area contributed by atoms with Gasteiger partial charge in [0.2, 0.25) is 0 Å². The molecule has 0 saturated carbocycles. The standard InChI is InChI=1S/C14H15ClN2O2/c1-9-6-12(7-10(2)13(9)15)19-11(3)14(18)17-5-4-16-8-17/h4-8,11H,1-3H3. The van der Waals surface area contributed by atoms with Gasteiger partial charge in [-0.25, -0.2) is 4.98 Å². The Kier molecular flexibility index (Phi) is 3.90. The molecule has 0 bridgehead atoms. The summed E-state index contributed by atoms with van der Waals surface area (Å²) in [6.07, 6.45) is 4.02. The summed E-state index contributed by atoms with van der Waals surface area (Å²) in [5.41, 5.74) is 1.86. The van der Waals surface area contributed by atoms with E-state index in [1.54, 1.807) is 19.3 Å². The number of hydrogen-bond donors (Lipinski definition) is 0. The Hall–Kier alpha value is -1.81. The number of rotatable bonds is 3. The minimum absolute atomic E-state index is 0.164. The van der Waals surface area contributed by atoms with Crippen LogP contribution in [0.2, 0.25) is 5.02 Å². The smallest absolute Gasteiger partial charge is 0.272 e. The number of hydrogen-bond acceptors (Lipinski definition) is 3. The number of aryl methyl sites for hydroxylation is 2. The Morgan fingerprint density at radius 3 is 2.53 bits per heavy atom. The summed E-state index contributed by atoms with van der Waals surface area (Å²) < 4.78 is 7.06. The first-order valence-electron chi connectivity index (χ1n) is 5.94. The minimum atomic E-state index is -0.589. The monoisotopic (exact) mass is 278 g/mol. The van der Waals surface area contributed by atoms with Gasteiger partial charge in [-0.1, -0.05) is 11.6 Å². The van der Waals surface area contributed by atoms with Crippen molar-refractivity contribution >= 4 is 17.5 Å². The van der Waals surface area contributed by atoms with Gasteiger partial charge in [0.05, 0.1) is 0 Å². The lowest BCUT2D eigenvalue weighted by molar-refractivity contribution is 0.0727. The molecule has 1 aromatic carbocycles. The van der Waals surface area contributed by atoms with Crippen molar-refractivity contribution in [1.82, 2.24) is 9.55 Å². The zero-order chi connectivity index (χ0) is 14.0. The van der Waals surface area contributed by atoms with E-state index in [4.69, 9.17) is 16.3 Å². The van der Waals surface area contributed by atoms with E-state index < -0.39 is 6.10 Å². The first-order chi connectivity index (χ1) is 8.99. The van der Waals surface area contributed by atoms with Gasteiger partial charge in [0, 0.05) is 17.4 Å². The quantitative estimate of drug-likeness (QED) is 0.865. The second kappa shape index (κ2) is 5.45. The van der Waals surface area contributed by atoms with Gasteiger partial charge in [0.1, 0.15) is 12.1 Å². The summed E-state index contributed by atoms with van der Waals surface area (Å²) in [5.74, 6) is 0.475. The molecule has 0 saturated heterocycles. The van der Waals surface area contributed by atoms with E-state index in [9.17, 15) is 4.79 Å². The van der Waals surface area contributed by atoms with Crippen LogP contribution in [0.15, 0.2) is 30.9 Å². The predicted molar refractivity (Wildman–Crippen MR) is 73.9 cm³/mol. The molecule has 0 N–H and O–H groups in total. The SMILES string of the molecule is Cc1cc(OC(C)C(=O)n2ccnc2)cc(C)c1Cl. The van der Waals surface area contributed by atoms with Gasteiger partial charge >= 0.3 is 0 Å². The summed E-state index contributed by atoms with van der Waals surface area (Å²) in [6.45, 7) is 5.52. The first kappa shape index (κ1) is 13.6. The van der Waals surface area contributed by atoms with Crippen LogP contribution < -0.4 is 4.74 Å². The predicted octanol–water partition coefficient (Wildman–Crippen LogP) is 3.26. The van der Waals surface area contributed by atoms with Crippen molar-refractivity contribution in [3.63, 3.8) is 0 Å². The van der Waals surface area contributed by atoms with Gasteiger partial charge in [-0.3, -0.25) is 9.36 Å². The third kappa shape index (κ3) is 2.96. The van der Waals surface area contributed by atoms with Crippen molar-refractivity contribution in [2.24, 2.45) is 0 Å². The van der Waals surface area contributed by atoms with E-state index in [1.807, 2.05) is 26.0 Å². The summed E-state index contributed by atoms with van der Waals surface area (Å²) in [4.78, 5) is 15.9. The van der Waals surface area contributed by atoms with Gasteiger partial charge in [-0.15, -0.1) is 0 Å². The van der Waals surface area contributed by atoms with Crippen molar-refractivity contribution < 1.29 is 9.53 Å². The molecule has 5 heteroatoms. The van der Waals surface area contributed by atoms with Crippen LogP contribution in [-0.4, -0.2) is 21.6 Å². The number of ether oxygens (including phenoxy) is 1. The lowest BCUT2D eigenvalue weighted by atomic mass is 10.1. The highest BCUT2D eigenvalue weighted by molar-refractivity contribution is 6.32. The van der Waals surface area contributed by atoms with E-state index in [0.29, 0.717) is 5.75 Å². The topological polar surface area (TPSA) is 44.1 Å². The van der Waals surface area contributed by atoms with Gasteiger partial charge in [0.15, 0.2) is 6.10 Å². The molecule has 2 rings (SSSR count). The number of imidazole rings is 1. The second-order valence-electron chi connectivity index (χ2n) is 4.44. The number of benzene rings is 1. The van der Waals surface area contributed by atoms with Crippen LogP contribution in [0.3, 0.4) is 0 Å². The fourth-order valence-corrected chi connectivity index (χ4v) is 1.94. The van der Waals surface area contributed by atoms with Crippen LogP contribution in [0.4, 0.5) is 0 Å². The van der Waals surface area contributed by atoms with Crippen molar-refractivity contribution in [3.8, 4) is 5.75 Å². The molecule has 0 aliphatic heterocycles. The largest absolute Gasteiger partial charge is 0.481 e. The number of aromatic nitrogens is 2. The lowest BCUT2D eigenvalue weighted by Gasteiger charge is -2.15. The Balaban J connectivity index is 2.15. The third-order valence-electron chi connectivity index (χ3n) is 2.83. The number of nitrogens with zero attached hydrogens (tertiary/aromatic N) is 2. The number of carbonyl (C=O) groups excluding carboxylic acids is 1. The van der Waals surface area contributed by atoms with Crippen molar-refractivity contribution in [1.29, 1.82) is 0 Å². The number of carbonyl (C=O) groups is 1. The van der Waals surface area contributed by atoms with Gasteiger partial charge in [0.25, 0.3) is 5.91 Å². The molecule has 0 amide bonds.